The standard InChI is InChI=1S/C23H26N6O3/c30-22(5-8-28-9-7-24-17-28)27-20-3-1-2-19(15-20)23(31)26-16-18-4-6-25-21(14-18)29-10-12-32-13-11-29/h1-4,6-7,9,14-15,17H,5,8,10-13,16H2,(H,26,31)(H,27,30). The molecule has 1 aliphatic rings. The Morgan fingerprint density at radius 1 is 1.09 bits per heavy atom. The molecule has 1 fully saturated rings. The zero-order valence-electron chi connectivity index (χ0n) is 17.7. The Labute approximate surface area is 186 Å². The number of benzene rings is 1. The smallest absolute Gasteiger partial charge is 0.251 e. The molecule has 0 aliphatic carbocycles. The molecule has 2 N–H and O–H groups in total. The molecule has 3 heterocycles. The van der Waals surface area contributed by atoms with Crippen LogP contribution in [0, 0.1) is 0 Å². The quantitative estimate of drug-likeness (QED) is 0.563. The molecule has 2 aromatic heterocycles. The van der Waals surface area contributed by atoms with E-state index in [0.717, 1.165) is 24.5 Å². The molecule has 166 valence electrons. The zero-order chi connectivity index (χ0) is 22.2. The molecule has 0 spiro atoms. The van der Waals surface area contributed by atoms with Crippen molar-refractivity contribution in [3.8, 4) is 0 Å². The normalized spacial score (nSPS) is 13.6. The van der Waals surface area contributed by atoms with Gasteiger partial charge in [-0.3, -0.25) is 9.59 Å². The number of imidazole rings is 1. The first-order valence-electron chi connectivity index (χ1n) is 10.6. The van der Waals surface area contributed by atoms with E-state index >= 15 is 0 Å². The molecule has 0 saturated carbocycles. The number of aryl methyl sites for hydroxylation is 1. The SMILES string of the molecule is O=C(CCn1ccnc1)Nc1cccc(C(=O)NCc2ccnc(N3CCOCC3)c2)c1. The lowest BCUT2D eigenvalue weighted by atomic mass is 10.1. The number of carbonyl (C=O) groups excluding carboxylic acids is 2. The van der Waals surface area contributed by atoms with Gasteiger partial charge in [0.2, 0.25) is 5.91 Å². The molecule has 0 atom stereocenters. The number of amides is 2. The molecule has 0 unspecified atom stereocenters. The first-order chi connectivity index (χ1) is 15.7. The summed E-state index contributed by atoms with van der Waals surface area (Å²) in [5.41, 5.74) is 2.05. The van der Waals surface area contributed by atoms with Crippen LogP contribution in [0.15, 0.2) is 61.3 Å². The first-order valence-corrected chi connectivity index (χ1v) is 10.6. The van der Waals surface area contributed by atoms with E-state index in [4.69, 9.17) is 4.74 Å². The second kappa shape index (κ2) is 10.5. The van der Waals surface area contributed by atoms with Crippen LogP contribution in [0.1, 0.15) is 22.3 Å². The fourth-order valence-electron chi connectivity index (χ4n) is 3.43. The van der Waals surface area contributed by atoms with Gasteiger partial charge in [-0.1, -0.05) is 6.07 Å². The second-order valence-electron chi connectivity index (χ2n) is 7.48. The number of pyridine rings is 1. The van der Waals surface area contributed by atoms with Gasteiger partial charge in [-0.15, -0.1) is 0 Å². The molecule has 0 radical (unpaired) electrons. The molecule has 1 aromatic carbocycles. The van der Waals surface area contributed by atoms with Crippen LogP contribution in [0.5, 0.6) is 0 Å². The molecule has 9 heteroatoms. The third-order valence-corrected chi connectivity index (χ3v) is 5.16. The Hall–Kier alpha value is -3.72. The molecule has 32 heavy (non-hydrogen) atoms. The van der Waals surface area contributed by atoms with Gasteiger partial charge in [0.15, 0.2) is 0 Å². The molecule has 3 aromatic rings. The van der Waals surface area contributed by atoms with E-state index in [2.05, 4.69) is 25.5 Å². The largest absolute Gasteiger partial charge is 0.378 e. The van der Waals surface area contributed by atoms with Crippen LogP contribution >= 0.6 is 0 Å². The Balaban J connectivity index is 1.30. The van der Waals surface area contributed by atoms with Gasteiger partial charge >= 0.3 is 0 Å². The Kier molecular flexibility index (Phi) is 7.08. The Morgan fingerprint density at radius 3 is 2.78 bits per heavy atom. The summed E-state index contributed by atoms with van der Waals surface area (Å²) in [4.78, 5) is 35.4. The van der Waals surface area contributed by atoms with E-state index in [1.54, 1.807) is 43.0 Å². The highest BCUT2D eigenvalue weighted by atomic mass is 16.5. The number of nitrogens with zero attached hydrogens (tertiary/aromatic N) is 4. The van der Waals surface area contributed by atoms with Crippen LogP contribution in [0.3, 0.4) is 0 Å². The van der Waals surface area contributed by atoms with Crippen molar-refractivity contribution in [2.75, 3.05) is 36.5 Å². The lowest BCUT2D eigenvalue weighted by Crippen LogP contribution is -2.36. The van der Waals surface area contributed by atoms with E-state index in [-0.39, 0.29) is 11.8 Å². The van der Waals surface area contributed by atoms with Crippen molar-refractivity contribution in [1.82, 2.24) is 19.9 Å². The number of anilines is 2. The topological polar surface area (TPSA) is 101 Å². The summed E-state index contributed by atoms with van der Waals surface area (Å²) >= 11 is 0. The van der Waals surface area contributed by atoms with Crippen LogP contribution in [-0.4, -0.2) is 52.7 Å². The minimum atomic E-state index is -0.204. The maximum absolute atomic E-state index is 12.6. The van der Waals surface area contributed by atoms with Crippen molar-refractivity contribution in [2.24, 2.45) is 0 Å². The number of nitrogens with one attached hydrogen (secondary N) is 2. The summed E-state index contributed by atoms with van der Waals surface area (Å²) in [6.07, 6.45) is 7.23. The number of aromatic nitrogens is 3. The number of ether oxygens (including phenoxy) is 1. The maximum Gasteiger partial charge on any atom is 0.251 e. The number of carbonyl (C=O) groups is 2. The maximum atomic E-state index is 12.6. The zero-order valence-corrected chi connectivity index (χ0v) is 17.7. The Morgan fingerprint density at radius 2 is 1.97 bits per heavy atom. The fraction of sp³-hybridized carbons (Fsp3) is 0.304. The number of hydrogen-bond donors (Lipinski definition) is 2. The van der Waals surface area contributed by atoms with Crippen LogP contribution in [0.4, 0.5) is 11.5 Å². The second-order valence-corrected chi connectivity index (χ2v) is 7.48. The van der Waals surface area contributed by atoms with Crippen molar-refractivity contribution >= 4 is 23.3 Å². The average Bonchev–Trinajstić information content (AvgIpc) is 3.36. The van der Waals surface area contributed by atoms with Gasteiger partial charge in [-0.2, -0.15) is 0 Å². The first kappa shape index (κ1) is 21.5. The monoisotopic (exact) mass is 434 g/mol. The van der Waals surface area contributed by atoms with Crippen molar-refractivity contribution < 1.29 is 14.3 Å². The van der Waals surface area contributed by atoms with Gasteiger partial charge in [0.1, 0.15) is 5.82 Å². The predicted molar refractivity (Wildman–Crippen MR) is 120 cm³/mol. The summed E-state index contributed by atoms with van der Waals surface area (Å²) in [6, 6.07) is 10.8. The van der Waals surface area contributed by atoms with Crippen LogP contribution in [0.2, 0.25) is 0 Å². The van der Waals surface area contributed by atoms with Gasteiger partial charge in [0, 0.05) is 62.4 Å². The lowest BCUT2D eigenvalue weighted by molar-refractivity contribution is -0.116. The van der Waals surface area contributed by atoms with Crippen molar-refractivity contribution in [3.63, 3.8) is 0 Å². The fourth-order valence-corrected chi connectivity index (χ4v) is 3.43. The molecule has 2 amide bonds. The van der Waals surface area contributed by atoms with E-state index in [1.165, 1.54) is 0 Å². The predicted octanol–water partition coefficient (Wildman–Crippen LogP) is 2.07. The molecule has 4 rings (SSSR count). The van der Waals surface area contributed by atoms with E-state index in [1.807, 2.05) is 22.9 Å². The summed E-state index contributed by atoms with van der Waals surface area (Å²) in [7, 11) is 0. The molecule has 9 nitrogen and oxygen atoms in total. The van der Waals surface area contributed by atoms with Crippen molar-refractivity contribution in [3.05, 3.63) is 72.4 Å². The van der Waals surface area contributed by atoms with Crippen LogP contribution in [0.25, 0.3) is 0 Å². The van der Waals surface area contributed by atoms with E-state index in [0.29, 0.717) is 44.0 Å². The van der Waals surface area contributed by atoms with Gasteiger partial charge < -0.3 is 24.8 Å². The minimum absolute atomic E-state index is 0.122. The third-order valence-electron chi connectivity index (χ3n) is 5.16. The van der Waals surface area contributed by atoms with Crippen molar-refractivity contribution in [1.29, 1.82) is 0 Å². The summed E-state index contributed by atoms with van der Waals surface area (Å²) < 4.78 is 7.23. The van der Waals surface area contributed by atoms with Crippen LogP contribution < -0.4 is 15.5 Å². The highest BCUT2D eigenvalue weighted by Crippen LogP contribution is 2.15. The molecular weight excluding hydrogens is 408 g/mol. The van der Waals surface area contributed by atoms with Gasteiger partial charge in [0.05, 0.1) is 19.5 Å². The van der Waals surface area contributed by atoms with E-state index < -0.39 is 0 Å². The Bertz CT molecular complexity index is 1050. The molecule has 1 aliphatic heterocycles. The van der Waals surface area contributed by atoms with E-state index in [9.17, 15) is 9.59 Å². The molecular formula is C23H26N6O3. The highest BCUT2D eigenvalue weighted by Gasteiger charge is 2.13. The van der Waals surface area contributed by atoms with Crippen molar-refractivity contribution in [2.45, 2.75) is 19.5 Å². The highest BCUT2D eigenvalue weighted by molar-refractivity contribution is 5.97. The average molecular weight is 435 g/mol. The summed E-state index contributed by atoms with van der Waals surface area (Å²) in [5.74, 6) is 0.563. The summed E-state index contributed by atoms with van der Waals surface area (Å²) in [6.45, 7) is 3.94. The molecule has 1 saturated heterocycles. The van der Waals surface area contributed by atoms with Crippen LogP contribution in [-0.2, 0) is 22.6 Å². The number of hydrogen-bond acceptors (Lipinski definition) is 6. The van der Waals surface area contributed by atoms with Gasteiger partial charge in [0.25, 0.3) is 5.91 Å². The van der Waals surface area contributed by atoms with Gasteiger partial charge in [-0.05, 0) is 35.9 Å². The number of morpholine rings is 1. The summed E-state index contributed by atoms with van der Waals surface area (Å²) in [5, 5.41) is 5.78. The number of rotatable bonds is 8. The minimum Gasteiger partial charge on any atom is -0.378 e. The van der Waals surface area contributed by atoms with Gasteiger partial charge in [-0.25, -0.2) is 9.97 Å². The molecule has 0 bridgehead atoms. The third kappa shape index (κ3) is 5.92. The lowest BCUT2D eigenvalue weighted by Gasteiger charge is -2.28.